The van der Waals surface area contributed by atoms with Crippen LogP contribution in [0.5, 0.6) is 0 Å². The monoisotopic (exact) mass is 380 g/mol. The molecule has 4 saturated carbocycles. The number of carbonyl (C=O) groups excluding carboxylic acids is 2. The Morgan fingerprint density at radius 2 is 1.96 bits per heavy atom. The first-order valence-corrected chi connectivity index (χ1v) is 8.90. The van der Waals surface area contributed by atoms with Gasteiger partial charge >= 0.3 is 5.97 Å². The van der Waals surface area contributed by atoms with E-state index in [1.165, 1.54) is 13.3 Å². The normalized spacial score (nSPS) is 38.7. The lowest BCUT2D eigenvalue weighted by Gasteiger charge is -2.58. The Bertz CT molecular complexity index is 595. The Morgan fingerprint density at radius 3 is 2.43 bits per heavy atom. The van der Waals surface area contributed by atoms with Gasteiger partial charge in [-0.3, -0.25) is 9.59 Å². The van der Waals surface area contributed by atoms with E-state index in [1.54, 1.807) is 6.07 Å². The van der Waals surface area contributed by atoms with Gasteiger partial charge < -0.3 is 10.1 Å². The fourth-order valence-corrected chi connectivity index (χ4v) is 6.63. The van der Waals surface area contributed by atoms with Crippen LogP contribution >= 0.6 is 15.9 Å². The summed E-state index contributed by atoms with van der Waals surface area (Å²) in [4.78, 5) is 24.7. The van der Waals surface area contributed by atoms with Gasteiger partial charge in [-0.1, -0.05) is 15.9 Å². The predicted octanol–water partition coefficient (Wildman–Crippen LogP) is 3.01. The van der Waals surface area contributed by atoms with E-state index in [4.69, 9.17) is 15.4 Å². The van der Waals surface area contributed by atoms with Crippen LogP contribution < -0.4 is 0 Å². The maximum atomic E-state index is 12.7. The quantitative estimate of drug-likeness (QED) is 0.450. The standard InChI is InChI=1S/C17H21BrN2O3/c1-10(20)13(7-19)14(21)8-23-15(22)16-3-11-2-12(4-16)6-17(18,5-11)9-16/h11-13,20H,2-6,8-9H2,1H3/t11-,12+,13?,16?,17?. The summed E-state index contributed by atoms with van der Waals surface area (Å²) >= 11 is 3.85. The Kier molecular flexibility index (Phi) is 4.12. The number of ether oxygens (including phenoxy) is 1. The topological polar surface area (TPSA) is 91.0 Å². The molecule has 0 saturated heterocycles. The van der Waals surface area contributed by atoms with Crippen molar-refractivity contribution in [2.45, 2.75) is 49.8 Å². The van der Waals surface area contributed by atoms with Crippen molar-refractivity contribution in [3.05, 3.63) is 0 Å². The van der Waals surface area contributed by atoms with Crippen LogP contribution in [0.4, 0.5) is 0 Å². The van der Waals surface area contributed by atoms with Gasteiger partial charge in [0.1, 0.15) is 5.92 Å². The van der Waals surface area contributed by atoms with Crippen LogP contribution in [0.3, 0.4) is 0 Å². The molecule has 4 fully saturated rings. The molecule has 1 N–H and O–H groups in total. The van der Waals surface area contributed by atoms with Crippen LogP contribution in [0.2, 0.25) is 0 Å². The highest BCUT2D eigenvalue weighted by Gasteiger charge is 2.60. The van der Waals surface area contributed by atoms with Gasteiger partial charge in [0.15, 0.2) is 12.4 Å². The van der Waals surface area contributed by atoms with Gasteiger partial charge in [-0.25, -0.2) is 0 Å². The molecule has 4 aliphatic rings. The second kappa shape index (κ2) is 5.70. The first-order chi connectivity index (χ1) is 10.8. The third kappa shape index (κ3) is 2.96. The second-order valence-corrected chi connectivity index (χ2v) is 9.36. The molecule has 6 heteroatoms. The highest BCUT2D eigenvalue weighted by Crippen LogP contribution is 2.64. The summed E-state index contributed by atoms with van der Waals surface area (Å²) in [6, 6.07) is 1.79. The van der Waals surface area contributed by atoms with Gasteiger partial charge in [-0.15, -0.1) is 0 Å². The van der Waals surface area contributed by atoms with Crippen molar-refractivity contribution in [1.82, 2.24) is 0 Å². The summed E-state index contributed by atoms with van der Waals surface area (Å²) in [6.07, 6.45) is 5.95. The van der Waals surface area contributed by atoms with Crippen molar-refractivity contribution in [3.63, 3.8) is 0 Å². The van der Waals surface area contributed by atoms with Gasteiger partial charge in [0.2, 0.25) is 0 Å². The van der Waals surface area contributed by atoms with Crippen molar-refractivity contribution in [2.24, 2.45) is 23.2 Å². The van der Waals surface area contributed by atoms with Crippen molar-refractivity contribution < 1.29 is 14.3 Å². The number of carbonyl (C=O) groups is 2. The average molecular weight is 381 g/mol. The second-order valence-electron chi connectivity index (χ2n) is 7.68. The highest BCUT2D eigenvalue weighted by atomic mass is 79.9. The summed E-state index contributed by atoms with van der Waals surface area (Å²) in [5.74, 6) is -0.777. The third-order valence-corrected chi connectivity index (χ3v) is 6.58. The van der Waals surface area contributed by atoms with Crippen molar-refractivity contribution >= 4 is 33.4 Å². The smallest absolute Gasteiger partial charge is 0.312 e. The van der Waals surface area contributed by atoms with E-state index in [2.05, 4.69) is 15.9 Å². The first kappa shape index (κ1) is 16.6. The van der Waals surface area contributed by atoms with E-state index < -0.39 is 23.7 Å². The van der Waals surface area contributed by atoms with E-state index in [0.29, 0.717) is 11.8 Å². The molecule has 0 spiro atoms. The van der Waals surface area contributed by atoms with Crippen LogP contribution in [0.25, 0.3) is 0 Å². The molecule has 0 aromatic rings. The number of ketones is 1. The molecule has 0 amide bonds. The maximum absolute atomic E-state index is 12.7. The fraction of sp³-hybridized carbons (Fsp3) is 0.765. The zero-order valence-corrected chi connectivity index (χ0v) is 14.8. The predicted molar refractivity (Wildman–Crippen MR) is 87.2 cm³/mol. The molecule has 5 atom stereocenters. The number of nitrogens with one attached hydrogen (secondary N) is 1. The number of halogens is 1. The third-order valence-electron chi connectivity index (χ3n) is 5.65. The Labute approximate surface area is 144 Å². The van der Waals surface area contributed by atoms with Crippen molar-refractivity contribution in [2.75, 3.05) is 6.61 Å². The van der Waals surface area contributed by atoms with Gasteiger partial charge in [-0.2, -0.15) is 5.26 Å². The number of rotatable bonds is 5. The molecule has 0 aromatic carbocycles. The van der Waals surface area contributed by atoms with Crippen LogP contribution in [0, 0.1) is 39.9 Å². The lowest BCUT2D eigenvalue weighted by Crippen LogP contribution is -2.56. The van der Waals surface area contributed by atoms with E-state index in [1.807, 2.05) is 0 Å². The summed E-state index contributed by atoms with van der Waals surface area (Å²) in [7, 11) is 0. The maximum Gasteiger partial charge on any atom is 0.312 e. The minimum atomic E-state index is -1.11. The molecule has 4 rings (SSSR count). The fourth-order valence-electron chi connectivity index (χ4n) is 5.17. The molecule has 0 radical (unpaired) electrons. The molecular formula is C17H21BrN2O3. The molecule has 4 bridgehead atoms. The van der Waals surface area contributed by atoms with Crippen molar-refractivity contribution in [1.29, 1.82) is 10.7 Å². The number of esters is 1. The molecule has 0 heterocycles. The number of nitriles is 1. The van der Waals surface area contributed by atoms with Gasteiger partial charge in [0.05, 0.1) is 11.5 Å². The van der Waals surface area contributed by atoms with Gasteiger partial charge in [0.25, 0.3) is 0 Å². The lowest BCUT2D eigenvalue weighted by molar-refractivity contribution is -0.171. The van der Waals surface area contributed by atoms with Crippen LogP contribution in [-0.4, -0.2) is 28.4 Å². The largest absolute Gasteiger partial charge is 0.457 e. The molecule has 0 aromatic heterocycles. The highest BCUT2D eigenvalue weighted by molar-refractivity contribution is 9.10. The lowest BCUT2D eigenvalue weighted by atomic mass is 9.49. The number of hydrogen-bond donors (Lipinski definition) is 1. The molecule has 5 nitrogen and oxygen atoms in total. The molecular weight excluding hydrogens is 360 g/mol. The van der Waals surface area contributed by atoms with Gasteiger partial charge in [0, 0.05) is 10.0 Å². The summed E-state index contributed by atoms with van der Waals surface area (Å²) in [6.45, 7) is 1.01. The minimum absolute atomic E-state index is 0.0113. The summed E-state index contributed by atoms with van der Waals surface area (Å²) in [5, 5.41) is 16.4. The van der Waals surface area contributed by atoms with Crippen molar-refractivity contribution in [3.8, 4) is 6.07 Å². The summed E-state index contributed by atoms with van der Waals surface area (Å²) in [5.41, 5.74) is -0.474. The molecule has 0 aliphatic heterocycles. The van der Waals surface area contributed by atoms with Gasteiger partial charge in [-0.05, 0) is 57.3 Å². The minimum Gasteiger partial charge on any atom is -0.457 e. The molecule has 3 unspecified atom stereocenters. The summed E-state index contributed by atoms with van der Waals surface area (Å²) < 4.78 is 5.37. The molecule has 23 heavy (non-hydrogen) atoms. The number of Topliss-reactive ketones (excluding diaryl/α,β-unsaturated/α-hetero) is 1. The Balaban J connectivity index is 1.66. The van der Waals surface area contributed by atoms with E-state index in [-0.39, 0.29) is 16.0 Å². The van der Waals surface area contributed by atoms with E-state index in [0.717, 1.165) is 32.1 Å². The number of hydrogen-bond acceptors (Lipinski definition) is 5. The van der Waals surface area contributed by atoms with Crippen LogP contribution in [0.15, 0.2) is 0 Å². The first-order valence-electron chi connectivity index (χ1n) is 8.10. The Hall–Kier alpha value is -1.22. The number of alkyl halides is 1. The molecule has 124 valence electrons. The van der Waals surface area contributed by atoms with Crippen LogP contribution in [-0.2, 0) is 14.3 Å². The average Bonchev–Trinajstić information content (AvgIpc) is 2.42. The number of nitrogens with zero attached hydrogens (tertiary/aromatic N) is 1. The molecule has 4 aliphatic carbocycles. The Morgan fingerprint density at radius 1 is 1.35 bits per heavy atom. The SMILES string of the molecule is CC(=N)C(C#N)C(=O)COC(=O)C12C[C@@H]3C[C@@H](CC(Br)(C3)C1)C2. The van der Waals surface area contributed by atoms with E-state index in [9.17, 15) is 9.59 Å². The zero-order chi connectivity index (χ0) is 16.8. The van der Waals surface area contributed by atoms with Crippen LogP contribution in [0.1, 0.15) is 45.4 Å². The van der Waals surface area contributed by atoms with E-state index >= 15 is 0 Å². The zero-order valence-electron chi connectivity index (χ0n) is 13.2.